The second-order valence-corrected chi connectivity index (χ2v) is 4.01. The molecule has 0 saturated carbocycles. The molecule has 0 bridgehead atoms. The monoisotopic (exact) mass is 251 g/mol. The molecule has 0 radical (unpaired) electrons. The van der Waals surface area contributed by atoms with E-state index in [4.69, 9.17) is 34.8 Å². The summed E-state index contributed by atoms with van der Waals surface area (Å²) in [7, 11) is 1.60. The quantitative estimate of drug-likeness (QED) is 0.579. The van der Waals surface area contributed by atoms with E-state index in [-0.39, 0.29) is 0 Å². The van der Waals surface area contributed by atoms with Crippen LogP contribution in [0, 0.1) is 0 Å². The zero-order chi connectivity index (χ0) is 10.7. The fourth-order valence-electron chi connectivity index (χ4n) is 0.968. The normalized spacial score (nSPS) is 10.0. The van der Waals surface area contributed by atoms with Crippen molar-refractivity contribution in [1.82, 2.24) is 4.90 Å². The van der Waals surface area contributed by atoms with Gasteiger partial charge in [-0.15, -0.1) is 0 Å². The average Bonchev–Trinajstić information content (AvgIpc) is 2.09. The first kappa shape index (κ1) is 11.6. The molecule has 1 aromatic carbocycles. The van der Waals surface area contributed by atoms with E-state index in [2.05, 4.69) is 0 Å². The summed E-state index contributed by atoms with van der Waals surface area (Å²) < 4.78 is 0. The van der Waals surface area contributed by atoms with Crippen molar-refractivity contribution in [3.8, 4) is 0 Å². The molecule has 0 aromatic heterocycles. The van der Waals surface area contributed by atoms with Crippen LogP contribution in [-0.4, -0.2) is 17.3 Å². The maximum Gasteiger partial charge on any atom is 0.316 e. The number of amides is 1. The maximum atomic E-state index is 10.7. The summed E-state index contributed by atoms with van der Waals surface area (Å²) in [4.78, 5) is 12.1. The van der Waals surface area contributed by atoms with E-state index in [1.165, 1.54) is 4.90 Å². The van der Waals surface area contributed by atoms with E-state index < -0.39 is 5.37 Å². The van der Waals surface area contributed by atoms with Gasteiger partial charge in [-0.1, -0.05) is 29.3 Å². The van der Waals surface area contributed by atoms with Crippen LogP contribution in [0.25, 0.3) is 0 Å². The zero-order valence-corrected chi connectivity index (χ0v) is 9.70. The molecule has 0 saturated heterocycles. The summed E-state index contributed by atoms with van der Waals surface area (Å²) in [5, 5.41) is 0.580. The summed E-state index contributed by atoms with van der Waals surface area (Å²) in [5.41, 5.74) is 0.813. The van der Waals surface area contributed by atoms with Crippen LogP contribution < -0.4 is 0 Å². The molecule has 2 nitrogen and oxygen atoms in total. The number of hydrogen-bond acceptors (Lipinski definition) is 1. The van der Waals surface area contributed by atoms with Crippen molar-refractivity contribution in [3.63, 3.8) is 0 Å². The minimum absolute atomic E-state index is 0.373. The third-order valence-corrected chi connectivity index (χ3v) is 2.60. The van der Waals surface area contributed by atoms with Gasteiger partial charge in [0.15, 0.2) is 0 Å². The van der Waals surface area contributed by atoms with Gasteiger partial charge in [0.2, 0.25) is 0 Å². The maximum absolute atomic E-state index is 10.7. The Morgan fingerprint density at radius 2 is 2.07 bits per heavy atom. The number of carbonyl (C=O) groups excluding carboxylic acids is 1. The third kappa shape index (κ3) is 3.05. The van der Waals surface area contributed by atoms with Crippen molar-refractivity contribution >= 4 is 40.2 Å². The molecule has 0 aliphatic heterocycles. The molecular formula is C9H8Cl3NO. The smallest absolute Gasteiger partial charge is 0.316 e. The Hall–Kier alpha value is -0.440. The zero-order valence-electron chi connectivity index (χ0n) is 7.43. The van der Waals surface area contributed by atoms with E-state index in [0.717, 1.165) is 5.56 Å². The average molecular weight is 253 g/mol. The van der Waals surface area contributed by atoms with Crippen LogP contribution in [-0.2, 0) is 6.54 Å². The van der Waals surface area contributed by atoms with Crippen LogP contribution in [0.15, 0.2) is 18.2 Å². The van der Waals surface area contributed by atoms with Crippen molar-refractivity contribution in [1.29, 1.82) is 0 Å². The highest BCUT2D eigenvalue weighted by atomic mass is 35.5. The van der Waals surface area contributed by atoms with E-state index >= 15 is 0 Å². The van der Waals surface area contributed by atoms with Crippen LogP contribution in [0.3, 0.4) is 0 Å². The van der Waals surface area contributed by atoms with Gasteiger partial charge in [-0.05, 0) is 29.3 Å². The van der Waals surface area contributed by atoms with Gasteiger partial charge in [0.1, 0.15) is 0 Å². The molecule has 0 heterocycles. The minimum Gasteiger partial charge on any atom is -0.328 e. The predicted octanol–water partition coefficient (Wildman–Crippen LogP) is 3.78. The fraction of sp³-hybridized carbons (Fsp3) is 0.222. The molecule has 14 heavy (non-hydrogen) atoms. The van der Waals surface area contributed by atoms with Crippen LogP contribution in [0.1, 0.15) is 5.56 Å². The van der Waals surface area contributed by atoms with Crippen LogP contribution in [0.5, 0.6) is 0 Å². The lowest BCUT2D eigenvalue weighted by molar-refractivity contribution is 0.230. The Morgan fingerprint density at radius 1 is 1.43 bits per heavy atom. The van der Waals surface area contributed by atoms with Gasteiger partial charge in [-0.2, -0.15) is 0 Å². The van der Waals surface area contributed by atoms with Gasteiger partial charge in [0, 0.05) is 23.6 Å². The third-order valence-electron chi connectivity index (χ3n) is 1.72. The number of rotatable bonds is 2. The van der Waals surface area contributed by atoms with Gasteiger partial charge >= 0.3 is 5.37 Å². The van der Waals surface area contributed by atoms with E-state index in [9.17, 15) is 4.79 Å². The largest absolute Gasteiger partial charge is 0.328 e. The second kappa shape index (κ2) is 4.87. The molecule has 0 atom stereocenters. The predicted molar refractivity (Wildman–Crippen MR) is 59.2 cm³/mol. The van der Waals surface area contributed by atoms with Gasteiger partial charge in [0.05, 0.1) is 0 Å². The molecule has 0 unspecified atom stereocenters. The van der Waals surface area contributed by atoms with Crippen molar-refractivity contribution < 1.29 is 4.79 Å². The van der Waals surface area contributed by atoms with E-state index in [1.807, 2.05) is 0 Å². The first-order valence-corrected chi connectivity index (χ1v) is 4.98. The SMILES string of the molecule is CN(Cc1ccc(Cl)cc1Cl)C(=O)Cl. The van der Waals surface area contributed by atoms with Gasteiger partial charge < -0.3 is 4.90 Å². The molecule has 0 spiro atoms. The Bertz CT molecular complexity index is 354. The second-order valence-electron chi connectivity index (χ2n) is 2.84. The first-order chi connectivity index (χ1) is 6.50. The molecule has 0 aliphatic carbocycles. The van der Waals surface area contributed by atoms with Crippen LogP contribution in [0.4, 0.5) is 4.79 Å². The Balaban J connectivity index is 2.82. The Labute approximate surface area is 97.4 Å². The molecule has 5 heteroatoms. The summed E-state index contributed by atoms with van der Waals surface area (Å²) in [6.45, 7) is 0.373. The fourth-order valence-corrected chi connectivity index (χ4v) is 1.50. The van der Waals surface area contributed by atoms with Gasteiger partial charge in [0.25, 0.3) is 0 Å². The molecule has 1 rings (SSSR count). The minimum atomic E-state index is -0.518. The number of nitrogens with zero attached hydrogens (tertiary/aromatic N) is 1. The number of benzene rings is 1. The van der Waals surface area contributed by atoms with Crippen LogP contribution >= 0.6 is 34.8 Å². The molecule has 1 aromatic rings. The lowest BCUT2D eigenvalue weighted by Crippen LogP contribution is -2.20. The van der Waals surface area contributed by atoms with Gasteiger partial charge in [-0.3, -0.25) is 4.79 Å². The highest BCUT2D eigenvalue weighted by Gasteiger charge is 2.08. The Kier molecular flexibility index (Phi) is 4.05. The van der Waals surface area contributed by atoms with Crippen LogP contribution in [0.2, 0.25) is 10.0 Å². The highest BCUT2D eigenvalue weighted by molar-refractivity contribution is 6.62. The molecule has 76 valence electrons. The first-order valence-electron chi connectivity index (χ1n) is 3.85. The number of hydrogen-bond donors (Lipinski definition) is 0. The van der Waals surface area contributed by atoms with Gasteiger partial charge in [-0.25, -0.2) is 0 Å². The summed E-state index contributed by atoms with van der Waals surface area (Å²) in [6, 6.07) is 5.11. The summed E-state index contributed by atoms with van der Waals surface area (Å²) >= 11 is 16.9. The summed E-state index contributed by atoms with van der Waals surface area (Å²) in [6.07, 6.45) is 0. The highest BCUT2D eigenvalue weighted by Crippen LogP contribution is 2.22. The molecule has 0 N–H and O–H groups in total. The molecule has 0 aliphatic rings. The lowest BCUT2D eigenvalue weighted by Gasteiger charge is -2.14. The van der Waals surface area contributed by atoms with Crippen molar-refractivity contribution in [3.05, 3.63) is 33.8 Å². The number of halogens is 3. The molecular weight excluding hydrogens is 244 g/mol. The standard InChI is InChI=1S/C9H8Cl3NO/c1-13(9(12)14)5-6-2-3-7(10)4-8(6)11/h2-4H,5H2,1H3. The van der Waals surface area contributed by atoms with E-state index in [1.54, 1.807) is 25.2 Å². The van der Waals surface area contributed by atoms with Crippen molar-refractivity contribution in [2.75, 3.05) is 7.05 Å². The summed E-state index contributed by atoms with van der Waals surface area (Å²) in [5.74, 6) is 0. The molecule has 1 amide bonds. The lowest BCUT2D eigenvalue weighted by atomic mass is 10.2. The topological polar surface area (TPSA) is 20.3 Å². The van der Waals surface area contributed by atoms with E-state index in [0.29, 0.717) is 16.6 Å². The Morgan fingerprint density at radius 3 is 2.57 bits per heavy atom. The molecule has 0 fully saturated rings. The number of carbonyl (C=O) groups is 1. The van der Waals surface area contributed by atoms with Crippen molar-refractivity contribution in [2.45, 2.75) is 6.54 Å². The van der Waals surface area contributed by atoms with Crippen molar-refractivity contribution in [2.24, 2.45) is 0 Å².